The fourth-order valence-electron chi connectivity index (χ4n) is 1.35. The number of hydrogen-bond acceptors (Lipinski definition) is 3. The summed E-state index contributed by atoms with van der Waals surface area (Å²) in [5.74, 6) is 0.627. The van der Waals surface area contributed by atoms with Crippen molar-refractivity contribution in [2.24, 2.45) is 0 Å². The van der Waals surface area contributed by atoms with Gasteiger partial charge in [-0.05, 0) is 6.92 Å². The van der Waals surface area contributed by atoms with Crippen molar-refractivity contribution < 1.29 is 9.32 Å². The molecule has 0 spiro atoms. The Morgan fingerprint density at radius 3 is 3.00 bits per heavy atom. The Morgan fingerprint density at radius 1 is 1.77 bits per heavy atom. The van der Waals surface area contributed by atoms with Gasteiger partial charge in [0.15, 0.2) is 0 Å². The molecule has 4 nitrogen and oxygen atoms in total. The van der Waals surface area contributed by atoms with Gasteiger partial charge in [0.25, 0.3) is 0 Å². The molecule has 2 rings (SSSR count). The summed E-state index contributed by atoms with van der Waals surface area (Å²) >= 11 is 3.40. The first-order valence-electron chi connectivity index (χ1n) is 4.04. The van der Waals surface area contributed by atoms with Gasteiger partial charge in [0, 0.05) is 23.9 Å². The van der Waals surface area contributed by atoms with Crippen molar-refractivity contribution in [3.05, 3.63) is 11.8 Å². The zero-order valence-electron chi connectivity index (χ0n) is 7.16. The number of amides is 1. The van der Waals surface area contributed by atoms with Crippen LogP contribution in [0.3, 0.4) is 0 Å². The highest BCUT2D eigenvalue weighted by molar-refractivity contribution is 9.09. The van der Waals surface area contributed by atoms with E-state index in [1.165, 1.54) is 0 Å². The Balaban J connectivity index is 2.22. The molecule has 1 saturated heterocycles. The van der Waals surface area contributed by atoms with Crippen molar-refractivity contribution in [2.45, 2.75) is 18.2 Å². The van der Waals surface area contributed by atoms with Gasteiger partial charge in [-0.15, -0.1) is 0 Å². The van der Waals surface area contributed by atoms with Crippen LogP contribution in [0.25, 0.3) is 0 Å². The number of aryl methyl sites for hydroxylation is 1. The number of nitrogens with zero attached hydrogens (tertiary/aromatic N) is 2. The molecule has 0 saturated carbocycles. The van der Waals surface area contributed by atoms with Crippen molar-refractivity contribution >= 4 is 27.7 Å². The number of anilines is 1. The Hall–Kier alpha value is -0.840. The van der Waals surface area contributed by atoms with Crippen LogP contribution < -0.4 is 4.90 Å². The van der Waals surface area contributed by atoms with Gasteiger partial charge >= 0.3 is 0 Å². The minimum absolute atomic E-state index is 0.0815. The van der Waals surface area contributed by atoms with Crippen LogP contribution in [0.2, 0.25) is 0 Å². The largest absolute Gasteiger partial charge is 0.338 e. The van der Waals surface area contributed by atoms with Crippen LogP contribution in [-0.4, -0.2) is 22.4 Å². The standard InChI is InChI=1S/C8H9BrN2O2/c1-5-2-8(13-10-5)11-4-6(9)3-7(11)12/h2,6H,3-4H2,1H3. The van der Waals surface area contributed by atoms with E-state index in [9.17, 15) is 4.79 Å². The molecule has 2 heterocycles. The van der Waals surface area contributed by atoms with Gasteiger partial charge in [0.05, 0.1) is 5.69 Å². The Kier molecular flexibility index (Phi) is 2.11. The van der Waals surface area contributed by atoms with E-state index in [1.807, 2.05) is 6.92 Å². The van der Waals surface area contributed by atoms with Crippen molar-refractivity contribution in [3.63, 3.8) is 0 Å². The summed E-state index contributed by atoms with van der Waals surface area (Å²) in [4.78, 5) is 13.2. The highest BCUT2D eigenvalue weighted by Gasteiger charge is 2.30. The summed E-state index contributed by atoms with van der Waals surface area (Å²) < 4.78 is 5.00. The Labute approximate surface area is 84.0 Å². The zero-order chi connectivity index (χ0) is 9.42. The topological polar surface area (TPSA) is 46.3 Å². The second-order valence-corrected chi connectivity index (χ2v) is 4.41. The van der Waals surface area contributed by atoms with Gasteiger partial charge < -0.3 is 4.52 Å². The average molecular weight is 245 g/mol. The highest BCUT2D eigenvalue weighted by atomic mass is 79.9. The van der Waals surface area contributed by atoms with Gasteiger partial charge in [-0.2, -0.15) is 0 Å². The maximum atomic E-state index is 11.4. The molecule has 0 N–H and O–H groups in total. The summed E-state index contributed by atoms with van der Waals surface area (Å²) in [6.07, 6.45) is 0.528. The Bertz CT molecular complexity index is 337. The van der Waals surface area contributed by atoms with E-state index in [2.05, 4.69) is 21.1 Å². The molecule has 1 fully saturated rings. The van der Waals surface area contributed by atoms with Gasteiger partial charge in [-0.25, -0.2) is 0 Å². The predicted octanol–water partition coefficient (Wildman–Crippen LogP) is 1.48. The number of aromatic nitrogens is 1. The molecule has 5 heteroatoms. The number of carbonyl (C=O) groups excluding carboxylic acids is 1. The molecule has 1 aromatic rings. The molecule has 13 heavy (non-hydrogen) atoms. The summed E-state index contributed by atoms with van der Waals surface area (Å²) in [6.45, 7) is 2.49. The lowest BCUT2D eigenvalue weighted by atomic mass is 10.4. The molecule has 0 bridgehead atoms. The lowest BCUT2D eigenvalue weighted by molar-refractivity contribution is -0.117. The summed E-state index contributed by atoms with van der Waals surface area (Å²) in [7, 11) is 0. The molecule has 1 amide bonds. The van der Waals surface area contributed by atoms with Gasteiger partial charge in [0.1, 0.15) is 0 Å². The molecule has 0 radical (unpaired) electrons. The minimum Gasteiger partial charge on any atom is -0.338 e. The maximum absolute atomic E-state index is 11.4. The van der Waals surface area contributed by atoms with E-state index in [-0.39, 0.29) is 10.7 Å². The van der Waals surface area contributed by atoms with Crippen molar-refractivity contribution in [2.75, 3.05) is 11.4 Å². The molecule has 1 aromatic heterocycles. The van der Waals surface area contributed by atoms with E-state index in [0.29, 0.717) is 18.8 Å². The molecule has 0 aliphatic carbocycles. The van der Waals surface area contributed by atoms with Crippen LogP contribution >= 0.6 is 15.9 Å². The normalized spacial score (nSPS) is 22.8. The van der Waals surface area contributed by atoms with E-state index in [4.69, 9.17) is 4.52 Å². The van der Waals surface area contributed by atoms with E-state index >= 15 is 0 Å². The fraction of sp³-hybridized carbons (Fsp3) is 0.500. The van der Waals surface area contributed by atoms with E-state index < -0.39 is 0 Å². The van der Waals surface area contributed by atoms with Crippen LogP contribution in [-0.2, 0) is 4.79 Å². The lowest BCUT2D eigenvalue weighted by Crippen LogP contribution is -2.23. The van der Waals surface area contributed by atoms with E-state index in [1.54, 1.807) is 11.0 Å². The predicted molar refractivity (Wildman–Crippen MR) is 50.9 cm³/mol. The quantitative estimate of drug-likeness (QED) is 0.704. The monoisotopic (exact) mass is 244 g/mol. The van der Waals surface area contributed by atoms with E-state index in [0.717, 1.165) is 5.69 Å². The van der Waals surface area contributed by atoms with Gasteiger partial charge in [-0.3, -0.25) is 9.69 Å². The first-order chi connectivity index (χ1) is 6.16. The molecular weight excluding hydrogens is 236 g/mol. The van der Waals surface area contributed by atoms with Gasteiger partial charge in [0.2, 0.25) is 11.8 Å². The first-order valence-corrected chi connectivity index (χ1v) is 4.96. The number of alkyl halides is 1. The molecule has 70 valence electrons. The smallest absolute Gasteiger partial charge is 0.234 e. The van der Waals surface area contributed by atoms with Crippen molar-refractivity contribution in [1.82, 2.24) is 5.16 Å². The zero-order valence-corrected chi connectivity index (χ0v) is 8.74. The molecular formula is C8H9BrN2O2. The summed E-state index contributed by atoms with van der Waals surface area (Å²) in [6, 6.07) is 1.77. The third-order valence-corrected chi connectivity index (χ3v) is 2.57. The molecule has 1 unspecified atom stereocenters. The minimum atomic E-state index is 0.0815. The van der Waals surface area contributed by atoms with Crippen LogP contribution in [0.5, 0.6) is 0 Å². The lowest BCUT2D eigenvalue weighted by Gasteiger charge is -2.09. The van der Waals surface area contributed by atoms with Crippen LogP contribution in [0.4, 0.5) is 5.88 Å². The number of hydrogen-bond donors (Lipinski definition) is 0. The van der Waals surface area contributed by atoms with Crippen molar-refractivity contribution in [1.29, 1.82) is 0 Å². The van der Waals surface area contributed by atoms with Crippen LogP contribution in [0.1, 0.15) is 12.1 Å². The van der Waals surface area contributed by atoms with Crippen LogP contribution in [0.15, 0.2) is 10.6 Å². The second kappa shape index (κ2) is 3.14. The fourth-order valence-corrected chi connectivity index (χ4v) is 1.92. The number of carbonyl (C=O) groups is 1. The summed E-state index contributed by atoms with van der Waals surface area (Å²) in [5.41, 5.74) is 0.792. The average Bonchev–Trinajstić information content (AvgIpc) is 2.58. The molecule has 1 aliphatic heterocycles. The molecule has 0 aromatic carbocycles. The molecule has 1 atom stereocenters. The summed E-state index contributed by atoms with van der Waals surface area (Å²) in [5, 5.41) is 3.74. The third kappa shape index (κ3) is 1.60. The second-order valence-electron chi connectivity index (χ2n) is 3.11. The molecule has 1 aliphatic rings. The third-order valence-electron chi connectivity index (χ3n) is 1.96. The number of rotatable bonds is 1. The SMILES string of the molecule is Cc1cc(N2CC(Br)CC2=O)on1. The van der Waals surface area contributed by atoms with Gasteiger partial charge in [-0.1, -0.05) is 21.1 Å². The highest BCUT2D eigenvalue weighted by Crippen LogP contribution is 2.25. The Morgan fingerprint density at radius 2 is 2.54 bits per heavy atom. The maximum Gasteiger partial charge on any atom is 0.234 e. The number of halogens is 1. The van der Waals surface area contributed by atoms with Crippen molar-refractivity contribution in [3.8, 4) is 0 Å². The first kappa shape index (κ1) is 8.74. The van der Waals surface area contributed by atoms with Crippen LogP contribution in [0, 0.1) is 6.92 Å².